The van der Waals surface area contributed by atoms with E-state index in [0.29, 0.717) is 45.3 Å². The number of carbonyl (C=O) groups is 2. The SMILES string of the molecule is CCNC(=NCC(=O)OC(C)(C)C)N1CCN(C(=O)OCC)CC1. The quantitative estimate of drug-likeness (QED) is 0.467. The van der Waals surface area contributed by atoms with Gasteiger partial charge in [0.15, 0.2) is 5.96 Å². The molecule has 1 rings (SSSR count). The second-order valence-electron chi connectivity index (χ2n) is 6.43. The largest absolute Gasteiger partial charge is 0.459 e. The standard InChI is InChI=1S/C16H30N4O4/c1-6-17-14(18-12-13(21)24-16(3,4)5)19-8-10-20(11-9-19)15(22)23-7-2/h6-12H2,1-5H3,(H,17,18). The molecule has 0 aromatic carbocycles. The molecule has 0 spiro atoms. The van der Waals surface area contributed by atoms with Gasteiger partial charge in [-0.25, -0.2) is 9.79 Å². The Hall–Kier alpha value is -1.99. The van der Waals surface area contributed by atoms with Crippen LogP contribution >= 0.6 is 0 Å². The highest BCUT2D eigenvalue weighted by molar-refractivity contribution is 5.83. The molecule has 1 fully saturated rings. The topological polar surface area (TPSA) is 83.5 Å². The summed E-state index contributed by atoms with van der Waals surface area (Å²) in [4.78, 5) is 31.6. The molecule has 0 radical (unpaired) electrons. The fraction of sp³-hybridized carbons (Fsp3) is 0.812. The van der Waals surface area contributed by atoms with Crippen molar-refractivity contribution in [1.82, 2.24) is 15.1 Å². The molecular weight excluding hydrogens is 312 g/mol. The lowest BCUT2D eigenvalue weighted by Crippen LogP contribution is -2.54. The first-order chi connectivity index (χ1) is 11.3. The van der Waals surface area contributed by atoms with Crippen LogP contribution in [0, 0.1) is 0 Å². The predicted molar refractivity (Wildman–Crippen MR) is 92.0 cm³/mol. The minimum Gasteiger partial charge on any atom is -0.459 e. The molecule has 1 aliphatic rings. The van der Waals surface area contributed by atoms with Crippen molar-refractivity contribution in [2.24, 2.45) is 4.99 Å². The maximum atomic E-state index is 11.8. The Morgan fingerprint density at radius 2 is 1.67 bits per heavy atom. The third-order valence-corrected chi connectivity index (χ3v) is 3.22. The van der Waals surface area contributed by atoms with Crippen LogP contribution < -0.4 is 5.32 Å². The summed E-state index contributed by atoms with van der Waals surface area (Å²) in [6, 6.07) is 0. The van der Waals surface area contributed by atoms with E-state index in [4.69, 9.17) is 9.47 Å². The first-order valence-corrected chi connectivity index (χ1v) is 8.43. The number of nitrogens with zero attached hydrogens (tertiary/aromatic N) is 3. The molecule has 8 heteroatoms. The van der Waals surface area contributed by atoms with Crippen molar-refractivity contribution < 1.29 is 19.1 Å². The summed E-state index contributed by atoms with van der Waals surface area (Å²) in [6.45, 7) is 12.7. The van der Waals surface area contributed by atoms with E-state index in [1.165, 1.54) is 0 Å². The molecule has 1 amide bonds. The first-order valence-electron chi connectivity index (χ1n) is 8.43. The van der Waals surface area contributed by atoms with Gasteiger partial charge in [0.25, 0.3) is 0 Å². The van der Waals surface area contributed by atoms with Crippen molar-refractivity contribution in [2.45, 2.75) is 40.2 Å². The fourth-order valence-corrected chi connectivity index (χ4v) is 2.25. The van der Waals surface area contributed by atoms with Gasteiger partial charge in [-0.1, -0.05) is 0 Å². The summed E-state index contributed by atoms with van der Waals surface area (Å²) in [5.74, 6) is 0.301. The molecule has 0 aromatic heterocycles. The number of aliphatic imine (C=N–C) groups is 1. The third kappa shape index (κ3) is 7.06. The zero-order valence-electron chi connectivity index (χ0n) is 15.4. The molecule has 0 atom stereocenters. The summed E-state index contributed by atoms with van der Waals surface area (Å²) < 4.78 is 10.3. The van der Waals surface area contributed by atoms with Crippen molar-refractivity contribution in [2.75, 3.05) is 45.9 Å². The summed E-state index contributed by atoms with van der Waals surface area (Å²) in [5.41, 5.74) is -0.518. The van der Waals surface area contributed by atoms with Gasteiger partial charge in [-0.3, -0.25) is 4.79 Å². The van der Waals surface area contributed by atoms with Crippen LogP contribution in [0.5, 0.6) is 0 Å². The van der Waals surface area contributed by atoms with Crippen LogP contribution in [-0.2, 0) is 14.3 Å². The Morgan fingerprint density at radius 3 is 2.17 bits per heavy atom. The molecular formula is C16H30N4O4. The molecule has 0 unspecified atom stereocenters. The molecule has 0 bridgehead atoms. The van der Waals surface area contributed by atoms with E-state index in [9.17, 15) is 9.59 Å². The van der Waals surface area contributed by atoms with Crippen LogP contribution in [0.2, 0.25) is 0 Å². The van der Waals surface area contributed by atoms with E-state index in [2.05, 4.69) is 10.3 Å². The Balaban J connectivity index is 2.58. The predicted octanol–water partition coefficient (Wildman–Crippen LogP) is 1.07. The number of hydrogen-bond donors (Lipinski definition) is 1. The Bertz CT molecular complexity index is 451. The number of hydrogen-bond acceptors (Lipinski definition) is 5. The molecule has 0 saturated carbocycles. The summed E-state index contributed by atoms with van der Waals surface area (Å²) >= 11 is 0. The highest BCUT2D eigenvalue weighted by Crippen LogP contribution is 2.08. The van der Waals surface area contributed by atoms with Gasteiger partial charge in [-0.2, -0.15) is 0 Å². The van der Waals surface area contributed by atoms with Crippen molar-refractivity contribution in [1.29, 1.82) is 0 Å². The van der Waals surface area contributed by atoms with Crippen LogP contribution in [0.1, 0.15) is 34.6 Å². The number of amides is 1. The smallest absolute Gasteiger partial charge is 0.409 e. The number of piperazine rings is 1. The first kappa shape index (κ1) is 20.1. The van der Waals surface area contributed by atoms with Crippen LogP contribution in [0.4, 0.5) is 4.79 Å². The van der Waals surface area contributed by atoms with Gasteiger partial charge in [-0.15, -0.1) is 0 Å². The molecule has 1 saturated heterocycles. The molecule has 0 aromatic rings. The normalized spacial score (nSPS) is 16.0. The number of carbonyl (C=O) groups excluding carboxylic acids is 2. The third-order valence-electron chi connectivity index (χ3n) is 3.22. The maximum absolute atomic E-state index is 11.8. The lowest BCUT2D eigenvalue weighted by atomic mass is 10.2. The van der Waals surface area contributed by atoms with Gasteiger partial charge in [-0.05, 0) is 34.6 Å². The highest BCUT2D eigenvalue weighted by atomic mass is 16.6. The molecule has 8 nitrogen and oxygen atoms in total. The molecule has 138 valence electrons. The van der Waals surface area contributed by atoms with E-state index in [0.717, 1.165) is 0 Å². The number of nitrogens with one attached hydrogen (secondary N) is 1. The Morgan fingerprint density at radius 1 is 1.08 bits per heavy atom. The van der Waals surface area contributed by atoms with Crippen LogP contribution in [-0.4, -0.2) is 79.3 Å². The average molecular weight is 342 g/mol. The second kappa shape index (κ2) is 9.34. The summed E-state index contributed by atoms with van der Waals surface area (Å²) in [7, 11) is 0. The summed E-state index contributed by atoms with van der Waals surface area (Å²) in [5, 5.41) is 3.17. The minimum absolute atomic E-state index is 0.0301. The minimum atomic E-state index is -0.518. The van der Waals surface area contributed by atoms with Crippen molar-refractivity contribution >= 4 is 18.0 Å². The van der Waals surface area contributed by atoms with E-state index < -0.39 is 5.60 Å². The maximum Gasteiger partial charge on any atom is 0.409 e. The van der Waals surface area contributed by atoms with Crippen molar-refractivity contribution in [3.8, 4) is 0 Å². The zero-order chi connectivity index (χ0) is 18.2. The molecule has 1 aliphatic heterocycles. The van der Waals surface area contributed by atoms with E-state index >= 15 is 0 Å². The van der Waals surface area contributed by atoms with E-state index in [1.54, 1.807) is 11.8 Å². The highest BCUT2D eigenvalue weighted by Gasteiger charge is 2.24. The Labute approximate surface area is 144 Å². The average Bonchev–Trinajstić information content (AvgIpc) is 2.50. The van der Waals surface area contributed by atoms with Gasteiger partial charge in [0.2, 0.25) is 0 Å². The number of ether oxygens (including phenoxy) is 2. The van der Waals surface area contributed by atoms with Gasteiger partial charge < -0.3 is 24.6 Å². The number of guanidine groups is 1. The van der Waals surface area contributed by atoms with E-state index in [1.807, 2.05) is 32.6 Å². The number of esters is 1. The zero-order valence-corrected chi connectivity index (χ0v) is 15.4. The monoisotopic (exact) mass is 342 g/mol. The Kier molecular flexibility index (Phi) is 7.81. The van der Waals surface area contributed by atoms with Gasteiger partial charge >= 0.3 is 12.1 Å². The molecule has 24 heavy (non-hydrogen) atoms. The van der Waals surface area contributed by atoms with Crippen molar-refractivity contribution in [3.05, 3.63) is 0 Å². The molecule has 1 heterocycles. The number of rotatable bonds is 4. The van der Waals surface area contributed by atoms with Crippen LogP contribution in [0.25, 0.3) is 0 Å². The second-order valence-corrected chi connectivity index (χ2v) is 6.43. The van der Waals surface area contributed by atoms with Crippen LogP contribution in [0.15, 0.2) is 4.99 Å². The fourth-order valence-electron chi connectivity index (χ4n) is 2.25. The lowest BCUT2D eigenvalue weighted by Gasteiger charge is -2.35. The molecule has 0 aliphatic carbocycles. The van der Waals surface area contributed by atoms with Crippen molar-refractivity contribution in [3.63, 3.8) is 0 Å². The lowest BCUT2D eigenvalue weighted by molar-refractivity contribution is -0.152. The molecule has 1 N–H and O–H groups in total. The van der Waals surface area contributed by atoms with E-state index in [-0.39, 0.29) is 18.6 Å². The van der Waals surface area contributed by atoms with Gasteiger partial charge in [0.1, 0.15) is 12.1 Å². The van der Waals surface area contributed by atoms with Crippen LogP contribution in [0.3, 0.4) is 0 Å². The van der Waals surface area contributed by atoms with Gasteiger partial charge in [0.05, 0.1) is 6.61 Å². The summed E-state index contributed by atoms with van der Waals surface area (Å²) in [6.07, 6.45) is -0.284. The van der Waals surface area contributed by atoms with Gasteiger partial charge in [0, 0.05) is 32.7 Å².